The van der Waals surface area contributed by atoms with Crippen LogP contribution in [-0.2, 0) is 9.53 Å². The highest BCUT2D eigenvalue weighted by Gasteiger charge is 2.23. The van der Waals surface area contributed by atoms with E-state index in [1.807, 2.05) is 36.4 Å². The van der Waals surface area contributed by atoms with E-state index in [2.05, 4.69) is 10.3 Å². The first kappa shape index (κ1) is 20.5. The zero-order valence-corrected chi connectivity index (χ0v) is 17.9. The number of carbonyl (C=O) groups is 1. The van der Waals surface area contributed by atoms with Gasteiger partial charge in [-0.15, -0.1) is 0 Å². The van der Waals surface area contributed by atoms with Crippen LogP contribution >= 0.6 is 0 Å². The Bertz CT molecular complexity index is 1130. The predicted molar refractivity (Wildman–Crippen MR) is 118 cm³/mol. The summed E-state index contributed by atoms with van der Waals surface area (Å²) in [4.78, 5) is 20.8. The van der Waals surface area contributed by atoms with Crippen molar-refractivity contribution in [1.29, 1.82) is 0 Å². The summed E-state index contributed by atoms with van der Waals surface area (Å²) in [7, 11) is 1.62. The fourth-order valence-corrected chi connectivity index (χ4v) is 3.99. The predicted octanol–water partition coefficient (Wildman–Crippen LogP) is 2.99. The lowest BCUT2D eigenvalue weighted by molar-refractivity contribution is -0.119. The Morgan fingerprint density at radius 2 is 2.16 bits per heavy atom. The summed E-state index contributed by atoms with van der Waals surface area (Å²) in [5.74, 6) is 2.02. The maximum absolute atomic E-state index is 11.5. The molecule has 8 heteroatoms. The number of carbonyl (C=O) groups excluding carboxylic acids is 1. The number of benzene rings is 1. The molecule has 5 rings (SSSR count). The SMILES string of the molecule is COc1cc(-c2cc3ncccc3c(OC[C@H]3CNC(=O)C3)n2)ccc1O[C@H]1CCOC1. The van der Waals surface area contributed by atoms with E-state index in [0.29, 0.717) is 50.2 Å². The molecule has 2 fully saturated rings. The van der Waals surface area contributed by atoms with E-state index in [4.69, 9.17) is 23.9 Å². The number of aromatic nitrogens is 2. The number of nitrogens with zero attached hydrogens (tertiary/aromatic N) is 2. The van der Waals surface area contributed by atoms with Crippen molar-refractivity contribution >= 4 is 16.8 Å². The molecule has 4 heterocycles. The van der Waals surface area contributed by atoms with Crippen molar-refractivity contribution in [2.24, 2.45) is 5.92 Å². The Kier molecular flexibility index (Phi) is 5.77. The monoisotopic (exact) mass is 435 g/mol. The molecule has 0 spiro atoms. The largest absolute Gasteiger partial charge is 0.493 e. The second-order valence-electron chi connectivity index (χ2n) is 8.04. The van der Waals surface area contributed by atoms with Crippen molar-refractivity contribution in [3.63, 3.8) is 0 Å². The lowest BCUT2D eigenvalue weighted by Crippen LogP contribution is -2.17. The molecule has 2 aliphatic rings. The second-order valence-corrected chi connectivity index (χ2v) is 8.04. The fraction of sp³-hybridized carbons (Fsp3) is 0.375. The number of hydrogen-bond acceptors (Lipinski definition) is 7. The summed E-state index contributed by atoms with van der Waals surface area (Å²) in [6.45, 7) is 2.34. The maximum Gasteiger partial charge on any atom is 0.223 e. The average Bonchev–Trinajstić information content (AvgIpc) is 3.49. The van der Waals surface area contributed by atoms with Gasteiger partial charge in [0.15, 0.2) is 11.5 Å². The molecule has 32 heavy (non-hydrogen) atoms. The molecule has 0 saturated carbocycles. The number of nitrogens with one attached hydrogen (secondary N) is 1. The third kappa shape index (κ3) is 4.31. The van der Waals surface area contributed by atoms with Crippen LogP contribution in [0.2, 0.25) is 0 Å². The molecule has 0 unspecified atom stereocenters. The molecule has 0 bridgehead atoms. The van der Waals surface area contributed by atoms with Gasteiger partial charge in [0, 0.05) is 37.1 Å². The highest BCUT2D eigenvalue weighted by molar-refractivity contribution is 5.87. The van der Waals surface area contributed by atoms with E-state index >= 15 is 0 Å². The van der Waals surface area contributed by atoms with Crippen molar-refractivity contribution in [2.45, 2.75) is 18.9 Å². The molecule has 2 saturated heterocycles. The number of amides is 1. The van der Waals surface area contributed by atoms with E-state index in [1.54, 1.807) is 13.3 Å². The van der Waals surface area contributed by atoms with Gasteiger partial charge in [-0.2, -0.15) is 0 Å². The second kappa shape index (κ2) is 9.00. The van der Waals surface area contributed by atoms with Crippen molar-refractivity contribution in [2.75, 3.05) is 33.5 Å². The molecule has 166 valence electrons. The van der Waals surface area contributed by atoms with Crippen LogP contribution in [0.15, 0.2) is 42.6 Å². The Balaban J connectivity index is 1.44. The Hall–Kier alpha value is -3.39. The number of methoxy groups -OCH3 is 1. The summed E-state index contributed by atoms with van der Waals surface area (Å²) in [6.07, 6.45) is 3.12. The van der Waals surface area contributed by atoms with Crippen LogP contribution in [0.25, 0.3) is 22.2 Å². The highest BCUT2D eigenvalue weighted by atomic mass is 16.6. The summed E-state index contributed by atoms with van der Waals surface area (Å²) in [6, 6.07) is 11.5. The molecule has 0 aliphatic carbocycles. The van der Waals surface area contributed by atoms with Crippen LogP contribution in [0.1, 0.15) is 12.8 Å². The van der Waals surface area contributed by atoms with Gasteiger partial charge in [0.2, 0.25) is 11.8 Å². The first-order chi connectivity index (χ1) is 15.7. The van der Waals surface area contributed by atoms with Gasteiger partial charge in [0.05, 0.1) is 43.5 Å². The van der Waals surface area contributed by atoms with E-state index in [1.165, 1.54) is 0 Å². The van der Waals surface area contributed by atoms with Gasteiger partial charge in [0.1, 0.15) is 6.10 Å². The fourth-order valence-electron chi connectivity index (χ4n) is 3.99. The molecule has 1 N–H and O–H groups in total. The first-order valence-corrected chi connectivity index (χ1v) is 10.8. The molecule has 8 nitrogen and oxygen atoms in total. The average molecular weight is 435 g/mol. The van der Waals surface area contributed by atoms with Gasteiger partial charge in [-0.25, -0.2) is 4.98 Å². The Morgan fingerprint density at radius 3 is 2.94 bits per heavy atom. The van der Waals surface area contributed by atoms with Crippen molar-refractivity contribution in [3.05, 3.63) is 42.6 Å². The molecule has 1 aromatic carbocycles. The highest BCUT2D eigenvalue weighted by Crippen LogP contribution is 2.35. The molecule has 0 radical (unpaired) electrons. The van der Waals surface area contributed by atoms with Crippen molar-refractivity contribution in [1.82, 2.24) is 15.3 Å². The summed E-state index contributed by atoms with van der Waals surface area (Å²) >= 11 is 0. The minimum Gasteiger partial charge on any atom is -0.493 e. The Morgan fingerprint density at radius 1 is 1.22 bits per heavy atom. The van der Waals surface area contributed by atoms with Gasteiger partial charge < -0.3 is 24.3 Å². The smallest absolute Gasteiger partial charge is 0.223 e. The van der Waals surface area contributed by atoms with Gasteiger partial charge in [-0.1, -0.05) is 0 Å². The summed E-state index contributed by atoms with van der Waals surface area (Å²) in [5.41, 5.74) is 2.38. The number of pyridine rings is 2. The van der Waals surface area contributed by atoms with Gasteiger partial charge >= 0.3 is 0 Å². The first-order valence-electron chi connectivity index (χ1n) is 10.8. The molecular formula is C24H25N3O5. The minimum atomic E-state index is 0.0368. The third-order valence-corrected chi connectivity index (χ3v) is 5.72. The third-order valence-electron chi connectivity index (χ3n) is 5.72. The van der Waals surface area contributed by atoms with Crippen LogP contribution in [0.4, 0.5) is 0 Å². The zero-order valence-electron chi connectivity index (χ0n) is 17.9. The van der Waals surface area contributed by atoms with E-state index in [9.17, 15) is 4.79 Å². The van der Waals surface area contributed by atoms with Crippen molar-refractivity contribution in [3.8, 4) is 28.6 Å². The molecule has 3 aromatic rings. The lowest BCUT2D eigenvalue weighted by Gasteiger charge is -2.16. The number of ether oxygens (including phenoxy) is 4. The van der Waals surface area contributed by atoms with E-state index in [0.717, 1.165) is 28.6 Å². The van der Waals surface area contributed by atoms with Gasteiger partial charge in [0.25, 0.3) is 0 Å². The number of hydrogen-bond donors (Lipinski definition) is 1. The number of rotatable bonds is 7. The van der Waals surface area contributed by atoms with Gasteiger partial charge in [-0.3, -0.25) is 9.78 Å². The Labute approximate surface area is 185 Å². The molecule has 1 amide bonds. The van der Waals surface area contributed by atoms with Crippen LogP contribution in [0, 0.1) is 5.92 Å². The quantitative estimate of drug-likeness (QED) is 0.610. The lowest BCUT2D eigenvalue weighted by atomic mass is 10.1. The summed E-state index contributed by atoms with van der Waals surface area (Å²) < 4.78 is 23.1. The van der Waals surface area contributed by atoms with Crippen LogP contribution in [-0.4, -0.2) is 55.5 Å². The molecule has 2 aliphatic heterocycles. The minimum absolute atomic E-state index is 0.0368. The van der Waals surface area contributed by atoms with E-state index in [-0.39, 0.29) is 17.9 Å². The number of fused-ring (bicyclic) bond motifs is 1. The summed E-state index contributed by atoms with van der Waals surface area (Å²) in [5, 5.41) is 3.67. The van der Waals surface area contributed by atoms with Gasteiger partial charge in [-0.05, 0) is 36.4 Å². The topological polar surface area (TPSA) is 91.8 Å². The molecule has 2 aromatic heterocycles. The standard InChI is InChI=1S/C24H25N3O5/c1-29-22-10-16(4-5-21(22)32-17-6-8-30-14-17)19-11-20-18(3-2-7-25-20)24(27-19)31-13-15-9-23(28)26-12-15/h2-5,7,10-11,15,17H,6,8-9,12-14H2,1H3,(H,26,28)/t15-,17+/m1/s1. The van der Waals surface area contributed by atoms with Crippen LogP contribution in [0.3, 0.4) is 0 Å². The molecular weight excluding hydrogens is 410 g/mol. The van der Waals surface area contributed by atoms with E-state index < -0.39 is 0 Å². The maximum atomic E-state index is 11.5. The normalized spacial score (nSPS) is 20.3. The molecule has 2 atom stereocenters. The van der Waals surface area contributed by atoms with Crippen LogP contribution < -0.4 is 19.5 Å². The zero-order chi connectivity index (χ0) is 21.9. The van der Waals surface area contributed by atoms with Crippen LogP contribution in [0.5, 0.6) is 17.4 Å². The van der Waals surface area contributed by atoms with Crippen molar-refractivity contribution < 1.29 is 23.7 Å².